The van der Waals surface area contributed by atoms with Gasteiger partial charge in [-0.3, -0.25) is 9.48 Å². The van der Waals surface area contributed by atoms with Crippen LogP contribution in [0, 0.1) is 0 Å². The third kappa shape index (κ3) is 2.91. The van der Waals surface area contributed by atoms with Crippen molar-refractivity contribution in [2.45, 2.75) is 32.5 Å². The molecule has 0 bridgehead atoms. The Balaban J connectivity index is 1.78. The van der Waals surface area contributed by atoms with Gasteiger partial charge in [-0.05, 0) is 32.0 Å². The zero-order valence-electron chi connectivity index (χ0n) is 12.4. The fourth-order valence-electron chi connectivity index (χ4n) is 2.42. The van der Waals surface area contributed by atoms with E-state index >= 15 is 0 Å². The third-order valence-electron chi connectivity index (χ3n) is 3.38. The maximum Gasteiger partial charge on any atom is 0.170 e. The van der Waals surface area contributed by atoms with Gasteiger partial charge in [0.2, 0.25) is 0 Å². The Hall–Kier alpha value is -2.30. The second-order valence-electron chi connectivity index (χ2n) is 5.89. The smallest absolute Gasteiger partial charge is 0.170 e. The van der Waals surface area contributed by atoms with Crippen molar-refractivity contribution in [1.82, 2.24) is 9.78 Å². The lowest BCUT2D eigenvalue weighted by atomic mass is 9.93. The summed E-state index contributed by atoms with van der Waals surface area (Å²) >= 11 is 0. The molecule has 0 saturated heterocycles. The molecule has 0 unspecified atom stereocenters. The summed E-state index contributed by atoms with van der Waals surface area (Å²) in [5, 5.41) is 4.25. The number of rotatable bonds is 3. The van der Waals surface area contributed by atoms with Crippen molar-refractivity contribution >= 4 is 5.78 Å². The molecule has 2 aromatic rings. The molecule has 1 aliphatic heterocycles. The number of carbonyl (C=O) groups excluding carboxylic acids is 1. The highest BCUT2D eigenvalue weighted by molar-refractivity contribution is 6.00. The summed E-state index contributed by atoms with van der Waals surface area (Å²) in [7, 11) is 1.87. The molecule has 2 heterocycles. The lowest BCUT2D eigenvalue weighted by molar-refractivity contribution is 0.0618. The highest BCUT2D eigenvalue weighted by atomic mass is 16.5. The predicted octanol–water partition coefficient (Wildman–Crippen LogP) is 2.74. The van der Waals surface area contributed by atoms with E-state index in [4.69, 9.17) is 9.47 Å². The van der Waals surface area contributed by atoms with Crippen molar-refractivity contribution in [3.05, 3.63) is 41.7 Å². The Morgan fingerprint density at radius 3 is 2.90 bits per heavy atom. The molecule has 110 valence electrons. The van der Waals surface area contributed by atoms with E-state index in [0.717, 1.165) is 5.69 Å². The molecule has 0 aliphatic carbocycles. The highest BCUT2D eigenvalue weighted by Crippen LogP contribution is 2.35. The van der Waals surface area contributed by atoms with E-state index in [-0.39, 0.29) is 5.78 Å². The van der Waals surface area contributed by atoms with Crippen molar-refractivity contribution in [2.75, 3.05) is 0 Å². The summed E-state index contributed by atoms with van der Waals surface area (Å²) in [6, 6.07) is 7.24. The van der Waals surface area contributed by atoms with Crippen molar-refractivity contribution in [2.24, 2.45) is 7.05 Å². The first-order valence-corrected chi connectivity index (χ1v) is 6.90. The second kappa shape index (κ2) is 4.91. The summed E-state index contributed by atoms with van der Waals surface area (Å²) in [6.45, 7) is 4.21. The molecule has 3 rings (SSSR count). The number of ether oxygens (including phenoxy) is 2. The average molecular weight is 286 g/mol. The largest absolute Gasteiger partial charge is 0.487 e. The number of hydrogen-bond donors (Lipinski definition) is 0. The van der Waals surface area contributed by atoms with Gasteiger partial charge in [0.15, 0.2) is 5.78 Å². The number of nitrogens with zero attached hydrogens (tertiary/aromatic N) is 2. The van der Waals surface area contributed by atoms with Crippen LogP contribution >= 0.6 is 0 Å². The topological polar surface area (TPSA) is 53.4 Å². The molecule has 5 nitrogen and oxygen atoms in total. The minimum Gasteiger partial charge on any atom is -0.487 e. The number of aromatic nitrogens is 2. The van der Waals surface area contributed by atoms with Gasteiger partial charge in [0, 0.05) is 19.3 Å². The van der Waals surface area contributed by atoms with E-state index in [2.05, 4.69) is 5.10 Å². The maximum absolute atomic E-state index is 12.1. The van der Waals surface area contributed by atoms with E-state index in [0.29, 0.717) is 30.1 Å². The van der Waals surface area contributed by atoms with Gasteiger partial charge < -0.3 is 9.47 Å². The molecule has 0 amide bonds. The van der Waals surface area contributed by atoms with Gasteiger partial charge in [0.25, 0.3) is 0 Å². The molecule has 21 heavy (non-hydrogen) atoms. The zero-order valence-corrected chi connectivity index (χ0v) is 12.4. The van der Waals surface area contributed by atoms with Crippen LogP contribution in [0.25, 0.3) is 0 Å². The van der Waals surface area contributed by atoms with Gasteiger partial charge in [0.05, 0.1) is 17.7 Å². The Bertz CT molecular complexity index is 689. The summed E-state index contributed by atoms with van der Waals surface area (Å²) < 4.78 is 13.3. The summed E-state index contributed by atoms with van der Waals surface area (Å²) in [4.78, 5) is 12.1. The molecule has 1 aromatic heterocycles. The van der Waals surface area contributed by atoms with Crippen LogP contribution in [0.4, 0.5) is 0 Å². The molecule has 1 aliphatic rings. The highest BCUT2D eigenvalue weighted by Gasteiger charge is 2.32. The maximum atomic E-state index is 12.1. The third-order valence-corrected chi connectivity index (χ3v) is 3.38. The Morgan fingerprint density at radius 2 is 2.19 bits per heavy atom. The minimum atomic E-state index is -0.469. The van der Waals surface area contributed by atoms with Crippen LogP contribution in [0.3, 0.4) is 0 Å². The quantitative estimate of drug-likeness (QED) is 0.870. The van der Waals surface area contributed by atoms with Gasteiger partial charge in [0.1, 0.15) is 23.7 Å². The van der Waals surface area contributed by atoms with E-state index in [1.807, 2.05) is 33.2 Å². The van der Waals surface area contributed by atoms with Crippen molar-refractivity contribution < 1.29 is 14.3 Å². The van der Waals surface area contributed by atoms with Crippen molar-refractivity contribution in [1.29, 1.82) is 0 Å². The van der Waals surface area contributed by atoms with Gasteiger partial charge in [-0.1, -0.05) is 0 Å². The summed E-state index contributed by atoms with van der Waals surface area (Å²) in [5.41, 5.74) is 1.01. The Kier molecular flexibility index (Phi) is 3.20. The van der Waals surface area contributed by atoms with E-state index in [1.165, 1.54) is 0 Å². The number of Topliss-reactive ketones (excluding diaryl/α,β-unsaturated/α-hetero) is 1. The number of aryl methyl sites for hydroxylation is 1. The molecule has 0 spiro atoms. The van der Waals surface area contributed by atoms with Gasteiger partial charge in [-0.25, -0.2) is 0 Å². The molecular weight excluding hydrogens is 268 g/mol. The molecule has 0 saturated carbocycles. The van der Waals surface area contributed by atoms with Crippen LogP contribution in [-0.2, 0) is 13.7 Å². The van der Waals surface area contributed by atoms with Crippen LogP contribution in [0.2, 0.25) is 0 Å². The standard InChI is InChI=1S/C16H18N2O3/c1-16(2)9-14(19)13-5-4-12(8-15(13)21-16)20-10-11-6-7-18(3)17-11/h4-8H,9-10H2,1-3H3. The lowest BCUT2D eigenvalue weighted by Gasteiger charge is -2.31. The van der Waals surface area contributed by atoms with Crippen molar-refractivity contribution in [3.8, 4) is 11.5 Å². The van der Waals surface area contributed by atoms with Crippen LogP contribution in [0.1, 0.15) is 36.3 Å². The molecule has 0 radical (unpaired) electrons. The average Bonchev–Trinajstić information content (AvgIpc) is 2.80. The number of ketones is 1. The van der Waals surface area contributed by atoms with Gasteiger partial charge in [-0.15, -0.1) is 0 Å². The molecule has 5 heteroatoms. The molecule has 0 fully saturated rings. The minimum absolute atomic E-state index is 0.109. The molecular formula is C16H18N2O3. The van der Waals surface area contributed by atoms with Crippen LogP contribution in [0.5, 0.6) is 11.5 Å². The van der Waals surface area contributed by atoms with Gasteiger partial charge >= 0.3 is 0 Å². The summed E-state index contributed by atoms with van der Waals surface area (Å²) in [6.07, 6.45) is 2.27. The predicted molar refractivity (Wildman–Crippen MR) is 77.6 cm³/mol. The number of benzene rings is 1. The zero-order chi connectivity index (χ0) is 15.0. The van der Waals surface area contributed by atoms with Crippen molar-refractivity contribution in [3.63, 3.8) is 0 Å². The first-order chi connectivity index (χ1) is 9.93. The number of carbonyl (C=O) groups is 1. The van der Waals surface area contributed by atoms with Crippen LogP contribution < -0.4 is 9.47 Å². The van der Waals surface area contributed by atoms with Gasteiger partial charge in [-0.2, -0.15) is 5.10 Å². The normalized spacial score (nSPS) is 16.2. The first-order valence-electron chi connectivity index (χ1n) is 6.90. The number of hydrogen-bond acceptors (Lipinski definition) is 4. The Morgan fingerprint density at radius 1 is 1.38 bits per heavy atom. The SMILES string of the molecule is Cn1ccc(COc2ccc3c(c2)OC(C)(C)CC3=O)n1. The van der Waals surface area contributed by atoms with E-state index in [1.54, 1.807) is 22.9 Å². The van der Waals surface area contributed by atoms with E-state index in [9.17, 15) is 4.79 Å². The first kappa shape index (κ1) is 13.7. The monoisotopic (exact) mass is 286 g/mol. The van der Waals surface area contributed by atoms with E-state index < -0.39 is 5.60 Å². The molecule has 0 N–H and O–H groups in total. The molecule has 1 aromatic carbocycles. The van der Waals surface area contributed by atoms with Crippen LogP contribution in [-0.4, -0.2) is 21.2 Å². The Labute approximate surface area is 123 Å². The lowest BCUT2D eigenvalue weighted by Crippen LogP contribution is -2.35. The fraction of sp³-hybridized carbons (Fsp3) is 0.375. The number of fused-ring (bicyclic) bond motifs is 1. The second-order valence-corrected chi connectivity index (χ2v) is 5.89. The summed E-state index contributed by atoms with van der Waals surface area (Å²) in [5.74, 6) is 1.37. The van der Waals surface area contributed by atoms with Crippen LogP contribution in [0.15, 0.2) is 30.5 Å². The molecule has 0 atom stereocenters. The fourth-order valence-corrected chi connectivity index (χ4v) is 2.42.